The molecule has 1 heterocycles. The molecule has 0 amide bonds. The average molecular weight is 564 g/mol. The van der Waals surface area contributed by atoms with Crippen molar-refractivity contribution in [3.05, 3.63) is 45.7 Å². The highest BCUT2D eigenvalue weighted by atomic mass is 127. The molecule has 2 unspecified atom stereocenters. The van der Waals surface area contributed by atoms with Crippen LogP contribution >= 0.6 is 35.3 Å². The predicted octanol–water partition coefficient (Wildman–Crippen LogP) is 4.47. The van der Waals surface area contributed by atoms with E-state index < -0.39 is 5.82 Å². The summed E-state index contributed by atoms with van der Waals surface area (Å²) in [5.74, 6) is 0.0324. The van der Waals surface area contributed by atoms with Gasteiger partial charge in [-0.3, -0.25) is 0 Å². The van der Waals surface area contributed by atoms with Crippen molar-refractivity contribution in [1.82, 2.24) is 15.6 Å². The summed E-state index contributed by atoms with van der Waals surface area (Å²) in [5, 5.41) is 7.22. The van der Waals surface area contributed by atoms with E-state index in [9.17, 15) is 9.18 Å². The molecule has 0 aliphatic carbocycles. The molecule has 0 aliphatic rings. The first-order chi connectivity index (χ1) is 14.3. The van der Waals surface area contributed by atoms with Gasteiger partial charge in [0.05, 0.1) is 24.9 Å². The first-order valence-corrected chi connectivity index (χ1v) is 10.8. The number of ether oxygens (including phenoxy) is 2. The Hall–Kier alpha value is -1.95. The number of guanidine groups is 1. The summed E-state index contributed by atoms with van der Waals surface area (Å²) in [6.07, 6.45) is -0.315. The van der Waals surface area contributed by atoms with E-state index in [-0.39, 0.29) is 47.8 Å². The predicted molar refractivity (Wildman–Crippen MR) is 132 cm³/mol. The summed E-state index contributed by atoms with van der Waals surface area (Å²) in [6.45, 7) is 10.6. The van der Waals surface area contributed by atoms with Crippen LogP contribution in [0.4, 0.5) is 4.39 Å². The molecule has 2 atom stereocenters. The molecule has 7 nitrogen and oxygen atoms in total. The molecule has 2 aromatic rings. The highest BCUT2D eigenvalue weighted by Gasteiger charge is 2.20. The van der Waals surface area contributed by atoms with Crippen molar-refractivity contribution in [2.75, 3.05) is 19.7 Å². The summed E-state index contributed by atoms with van der Waals surface area (Å²) < 4.78 is 24.5. The summed E-state index contributed by atoms with van der Waals surface area (Å²) in [6, 6.07) is 6.12. The van der Waals surface area contributed by atoms with Gasteiger partial charge >= 0.3 is 5.97 Å². The van der Waals surface area contributed by atoms with Gasteiger partial charge in [0.15, 0.2) is 17.5 Å². The Morgan fingerprint density at radius 1 is 1.29 bits per heavy atom. The Kier molecular flexibility index (Phi) is 11.8. The molecule has 0 bridgehead atoms. The van der Waals surface area contributed by atoms with Crippen LogP contribution in [-0.2, 0) is 4.74 Å². The number of thiazole rings is 1. The van der Waals surface area contributed by atoms with Gasteiger partial charge in [-0.2, -0.15) is 0 Å². The van der Waals surface area contributed by atoms with E-state index in [4.69, 9.17) is 9.47 Å². The normalized spacial score (nSPS) is 13.0. The fourth-order valence-corrected chi connectivity index (χ4v) is 3.55. The van der Waals surface area contributed by atoms with Crippen molar-refractivity contribution in [2.24, 2.45) is 4.99 Å². The highest BCUT2D eigenvalue weighted by Crippen LogP contribution is 2.24. The first-order valence-electron chi connectivity index (χ1n) is 9.96. The number of carbonyl (C=O) groups excluding carboxylic acids is 1. The van der Waals surface area contributed by atoms with Gasteiger partial charge in [-0.15, -0.1) is 35.3 Å². The van der Waals surface area contributed by atoms with E-state index in [2.05, 4.69) is 20.6 Å². The lowest BCUT2D eigenvalue weighted by molar-refractivity contribution is 0.0531. The Morgan fingerprint density at radius 3 is 2.65 bits per heavy atom. The number of esters is 1. The van der Waals surface area contributed by atoms with Crippen LogP contribution in [-0.4, -0.2) is 42.7 Å². The van der Waals surface area contributed by atoms with Crippen LogP contribution in [0.1, 0.15) is 54.1 Å². The Bertz CT molecular complexity index is 878. The zero-order valence-corrected chi connectivity index (χ0v) is 21.5. The van der Waals surface area contributed by atoms with E-state index >= 15 is 0 Å². The van der Waals surface area contributed by atoms with Crippen LogP contribution in [0, 0.1) is 12.7 Å². The van der Waals surface area contributed by atoms with Gasteiger partial charge in [0.1, 0.15) is 16.0 Å². The molecular weight excluding hydrogens is 534 g/mol. The lowest BCUT2D eigenvalue weighted by Crippen LogP contribution is -2.39. The van der Waals surface area contributed by atoms with Crippen molar-refractivity contribution in [2.45, 2.75) is 46.8 Å². The second-order valence-electron chi connectivity index (χ2n) is 6.63. The second-order valence-corrected chi connectivity index (χ2v) is 7.66. The number of carbonyl (C=O) groups is 1. The molecule has 31 heavy (non-hydrogen) atoms. The lowest BCUT2D eigenvalue weighted by Gasteiger charge is -2.18. The van der Waals surface area contributed by atoms with Gasteiger partial charge in [-0.25, -0.2) is 19.2 Å². The van der Waals surface area contributed by atoms with Crippen molar-refractivity contribution in [3.63, 3.8) is 0 Å². The number of nitrogens with one attached hydrogen (secondary N) is 2. The molecule has 0 aliphatic heterocycles. The molecule has 0 fully saturated rings. The molecule has 2 rings (SSSR count). The standard InChI is InChI=1S/C21H29FN4O3S.HI/c1-6-23-21(24-12-13(3)29-17-11-9-8-10-16(17)22)26-15(5)19-25-14(4)18(30-19)20(27)28-7-2;/h8-11,13,15H,6-7,12H2,1-5H3,(H2,23,24,26);1H. The molecule has 0 radical (unpaired) electrons. The topological polar surface area (TPSA) is 84.8 Å². The third-order valence-corrected chi connectivity index (χ3v) is 5.33. The van der Waals surface area contributed by atoms with Gasteiger partial charge in [-0.05, 0) is 46.8 Å². The number of aromatic nitrogens is 1. The van der Waals surface area contributed by atoms with Crippen LogP contribution in [0.15, 0.2) is 29.3 Å². The molecule has 172 valence electrons. The molecular formula is C21H30FIN4O3S. The Balaban J connectivity index is 0.00000480. The van der Waals surface area contributed by atoms with Gasteiger partial charge in [0.2, 0.25) is 0 Å². The quantitative estimate of drug-likeness (QED) is 0.203. The summed E-state index contributed by atoms with van der Waals surface area (Å²) >= 11 is 1.31. The highest BCUT2D eigenvalue weighted by molar-refractivity contribution is 14.0. The molecule has 1 aromatic carbocycles. The van der Waals surface area contributed by atoms with E-state index in [0.29, 0.717) is 36.2 Å². The van der Waals surface area contributed by atoms with Gasteiger partial charge in [-0.1, -0.05) is 12.1 Å². The monoisotopic (exact) mass is 564 g/mol. The van der Waals surface area contributed by atoms with E-state index in [1.165, 1.54) is 17.4 Å². The molecule has 10 heteroatoms. The average Bonchev–Trinajstić information content (AvgIpc) is 3.10. The molecule has 0 spiro atoms. The summed E-state index contributed by atoms with van der Waals surface area (Å²) in [4.78, 5) is 21.6. The fourth-order valence-electron chi connectivity index (χ4n) is 2.59. The first kappa shape index (κ1) is 27.1. The SMILES string of the molecule is CCNC(=NCC(C)Oc1ccccc1F)NC(C)c1nc(C)c(C(=O)OCC)s1.I. The van der Waals surface area contributed by atoms with Crippen LogP contribution in [0.3, 0.4) is 0 Å². The number of aliphatic imine (C=N–C) groups is 1. The van der Waals surface area contributed by atoms with Gasteiger partial charge in [0.25, 0.3) is 0 Å². The largest absolute Gasteiger partial charge is 0.486 e. The van der Waals surface area contributed by atoms with Crippen LogP contribution in [0.25, 0.3) is 0 Å². The Labute approximate surface area is 203 Å². The molecule has 0 saturated carbocycles. The van der Waals surface area contributed by atoms with E-state index in [0.717, 1.165) is 5.01 Å². The zero-order chi connectivity index (χ0) is 22.1. The van der Waals surface area contributed by atoms with E-state index in [1.807, 2.05) is 20.8 Å². The van der Waals surface area contributed by atoms with E-state index in [1.54, 1.807) is 32.0 Å². The molecule has 0 saturated heterocycles. The minimum atomic E-state index is -0.400. The maximum atomic E-state index is 13.7. The number of aryl methyl sites for hydroxylation is 1. The second kappa shape index (κ2) is 13.5. The van der Waals surface area contributed by atoms with Crippen molar-refractivity contribution >= 4 is 47.2 Å². The number of para-hydroxylation sites is 1. The van der Waals surface area contributed by atoms with Crippen molar-refractivity contribution in [3.8, 4) is 5.75 Å². The maximum absolute atomic E-state index is 13.7. The number of hydrogen-bond donors (Lipinski definition) is 2. The lowest BCUT2D eigenvalue weighted by atomic mass is 10.3. The summed E-state index contributed by atoms with van der Waals surface area (Å²) in [5.41, 5.74) is 0.649. The molecule has 2 N–H and O–H groups in total. The minimum Gasteiger partial charge on any atom is -0.486 e. The third kappa shape index (κ3) is 8.24. The van der Waals surface area contributed by atoms with Gasteiger partial charge < -0.3 is 20.1 Å². The van der Waals surface area contributed by atoms with Crippen molar-refractivity contribution in [1.29, 1.82) is 0 Å². The van der Waals surface area contributed by atoms with Gasteiger partial charge in [0, 0.05) is 6.54 Å². The fraction of sp³-hybridized carbons (Fsp3) is 0.476. The third-order valence-electron chi connectivity index (χ3n) is 4.01. The summed E-state index contributed by atoms with van der Waals surface area (Å²) in [7, 11) is 0. The van der Waals surface area contributed by atoms with Crippen LogP contribution in [0.5, 0.6) is 5.75 Å². The number of nitrogens with zero attached hydrogens (tertiary/aromatic N) is 2. The number of rotatable bonds is 9. The molecule has 1 aromatic heterocycles. The zero-order valence-electron chi connectivity index (χ0n) is 18.4. The Morgan fingerprint density at radius 2 is 2.00 bits per heavy atom. The number of hydrogen-bond acceptors (Lipinski definition) is 6. The number of benzene rings is 1. The van der Waals surface area contributed by atoms with Crippen LogP contribution < -0.4 is 15.4 Å². The smallest absolute Gasteiger partial charge is 0.350 e. The maximum Gasteiger partial charge on any atom is 0.350 e. The van der Waals surface area contributed by atoms with Crippen LogP contribution in [0.2, 0.25) is 0 Å². The number of halogens is 2. The minimum absolute atomic E-state index is 0. The van der Waals surface area contributed by atoms with Crippen molar-refractivity contribution < 1.29 is 18.7 Å².